The molecule has 0 saturated heterocycles. The predicted molar refractivity (Wildman–Crippen MR) is 74.1 cm³/mol. The Hall–Kier alpha value is -2.41. The second kappa shape index (κ2) is 4.04. The van der Waals surface area contributed by atoms with E-state index in [1.807, 2.05) is 0 Å². The number of nitro benzene ring substituents is 1. The SMILES string of the molecule is Cc1cc2c(c([N+](=O)[O-])c1)NS(=O)(=O)c1ccccc1-2. The summed E-state index contributed by atoms with van der Waals surface area (Å²) in [6, 6.07) is 9.55. The summed E-state index contributed by atoms with van der Waals surface area (Å²) in [5.41, 5.74) is 1.50. The first-order chi connectivity index (χ1) is 9.40. The Bertz CT molecular complexity index is 843. The molecule has 0 unspecified atom stereocenters. The molecule has 0 aliphatic carbocycles. The molecule has 1 heterocycles. The molecule has 0 radical (unpaired) electrons. The van der Waals surface area contributed by atoms with Gasteiger partial charge in [0.15, 0.2) is 0 Å². The van der Waals surface area contributed by atoms with Crippen molar-refractivity contribution in [1.82, 2.24) is 0 Å². The Kier molecular flexibility index (Phi) is 2.55. The van der Waals surface area contributed by atoms with Crippen molar-refractivity contribution in [3.63, 3.8) is 0 Å². The number of nitrogens with one attached hydrogen (secondary N) is 1. The van der Waals surface area contributed by atoms with Gasteiger partial charge in [-0.05, 0) is 24.6 Å². The van der Waals surface area contributed by atoms with Crippen LogP contribution in [0.3, 0.4) is 0 Å². The second-order valence-corrected chi connectivity index (χ2v) is 6.22. The van der Waals surface area contributed by atoms with Gasteiger partial charge in [0.2, 0.25) is 0 Å². The Labute approximate surface area is 115 Å². The van der Waals surface area contributed by atoms with Crippen molar-refractivity contribution in [2.75, 3.05) is 4.72 Å². The van der Waals surface area contributed by atoms with Crippen LogP contribution in [0.15, 0.2) is 41.3 Å². The molecular weight excluding hydrogens is 280 g/mol. The Morgan fingerprint density at radius 2 is 1.85 bits per heavy atom. The van der Waals surface area contributed by atoms with Crippen molar-refractivity contribution in [2.24, 2.45) is 0 Å². The minimum atomic E-state index is -3.78. The highest BCUT2D eigenvalue weighted by molar-refractivity contribution is 7.93. The van der Waals surface area contributed by atoms with Crippen molar-refractivity contribution in [3.8, 4) is 11.1 Å². The molecule has 0 aromatic heterocycles. The highest BCUT2D eigenvalue weighted by Gasteiger charge is 2.32. The fourth-order valence-corrected chi connectivity index (χ4v) is 3.66. The zero-order chi connectivity index (χ0) is 14.5. The van der Waals surface area contributed by atoms with E-state index in [-0.39, 0.29) is 16.3 Å². The number of hydrogen-bond donors (Lipinski definition) is 1. The zero-order valence-electron chi connectivity index (χ0n) is 10.5. The van der Waals surface area contributed by atoms with Gasteiger partial charge in [0.05, 0.1) is 9.82 Å². The summed E-state index contributed by atoms with van der Waals surface area (Å²) in [5, 5.41) is 11.1. The molecule has 1 aliphatic heterocycles. The standard InChI is InChI=1S/C13H10N2O4S/c1-8-6-10-9-4-2-3-5-12(9)20(18,19)14-13(10)11(7-8)15(16)17/h2-7,14H,1H3. The van der Waals surface area contributed by atoms with E-state index in [0.29, 0.717) is 16.7 Å². The van der Waals surface area contributed by atoms with Crippen LogP contribution in [0.25, 0.3) is 11.1 Å². The van der Waals surface area contributed by atoms with Gasteiger partial charge in [-0.1, -0.05) is 18.2 Å². The highest BCUT2D eigenvalue weighted by Crippen LogP contribution is 2.44. The van der Waals surface area contributed by atoms with Gasteiger partial charge >= 0.3 is 0 Å². The molecule has 1 aliphatic rings. The van der Waals surface area contributed by atoms with Crippen molar-refractivity contribution in [1.29, 1.82) is 0 Å². The lowest BCUT2D eigenvalue weighted by Gasteiger charge is -2.21. The van der Waals surface area contributed by atoms with E-state index < -0.39 is 14.9 Å². The Morgan fingerprint density at radius 3 is 2.55 bits per heavy atom. The van der Waals surface area contributed by atoms with Crippen molar-refractivity contribution < 1.29 is 13.3 Å². The number of anilines is 1. The predicted octanol–water partition coefficient (Wildman–Crippen LogP) is 2.68. The van der Waals surface area contributed by atoms with Gasteiger partial charge in [0.25, 0.3) is 15.7 Å². The summed E-state index contributed by atoms with van der Waals surface area (Å²) in [4.78, 5) is 10.7. The molecule has 2 aromatic carbocycles. The largest absolute Gasteiger partial charge is 0.294 e. The molecule has 0 fully saturated rings. The van der Waals surface area contributed by atoms with Gasteiger partial charge in [-0.3, -0.25) is 14.8 Å². The average molecular weight is 290 g/mol. The molecule has 20 heavy (non-hydrogen) atoms. The van der Waals surface area contributed by atoms with Crippen LogP contribution in [0.1, 0.15) is 5.56 Å². The summed E-state index contributed by atoms with van der Waals surface area (Å²) in [5.74, 6) is 0. The zero-order valence-corrected chi connectivity index (χ0v) is 11.3. The fourth-order valence-electron chi connectivity index (χ4n) is 2.34. The van der Waals surface area contributed by atoms with Gasteiger partial charge in [0.1, 0.15) is 5.69 Å². The van der Waals surface area contributed by atoms with Crippen LogP contribution in [0.4, 0.5) is 11.4 Å². The maximum atomic E-state index is 12.2. The lowest BCUT2D eigenvalue weighted by molar-refractivity contribution is -0.383. The quantitative estimate of drug-likeness (QED) is 0.646. The second-order valence-electron chi connectivity index (χ2n) is 4.57. The maximum absolute atomic E-state index is 12.2. The molecule has 102 valence electrons. The molecule has 0 saturated carbocycles. The van der Waals surface area contributed by atoms with Gasteiger partial charge in [0, 0.05) is 17.2 Å². The topological polar surface area (TPSA) is 89.3 Å². The monoisotopic (exact) mass is 290 g/mol. The van der Waals surface area contributed by atoms with Gasteiger partial charge in [-0.25, -0.2) is 8.42 Å². The molecule has 3 rings (SSSR count). The number of rotatable bonds is 1. The average Bonchev–Trinajstić information content (AvgIpc) is 2.39. The molecule has 6 nitrogen and oxygen atoms in total. The molecule has 0 atom stereocenters. The summed E-state index contributed by atoms with van der Waals surface area (Å²) >= 11 is 0. The van der Waals surface area contributed by atoms with Crippen molar-refractivity contribution in [3.05, 3.63) is 52.1 Å². The first-order valence-corrected chi connectivity index (χ1v) is 7.30. The van der Waals surface area contributed by atoms with Crippen molar-refractivity contribution in [2.45, 2.75) is 11.8 Å². The molecule has 2 aromatic rings. The Balaban J connectivity index is 2.44. The van der Waals surface area contributed by atoms with E-state index in [4.69, 9.17) is 0 Å². The van der Waals surface area contributed by atoms with E-state index in [1.165, 1.54) is 12.1 Å². The van der Waals surface area contributed by atoms with Crippen LogP contribution in [0, 0.1) is 17.0 Å². The smallest absolute Gasteiger partial charge is 0.272 e. The number of aryl methyl sites for hydroxylation is 1. The lowest BCUT2D eigenvalue weighted by atomic mass is 10.00. The highest BCUT2D eigenvalue weighted by atomic mass is 32.2. The third-order valence-corrected chi connectivity index (χ3v) is 4.57. The van der Waals surface area contributed by atoms with Crippen molar-refractivity contribution >= 4 is 21.4 Å². The maximum Gasteiger partial charge on any atom is 0.294 e. The van der Waals surface area contributed by atoms with Crippen LogP contribution < -0.4 is 4.72 Å². The molecule has 0 bridgehead atoms. The third-order valence-electron chi connectivity index (χ3n) is 3.16. The molecular formula is C13H10N2O4S. The summed E-state index contributed by atoms with van der Waals surface area (Å²) in [6.45, 7) is 1.74. The number of hydrogen-bond acceptors (Lipinski definition) is 4. The van der Waals surface area contributed by atoms with E-state index in [1.54, 1.807) is 31.2 Å². The summed E-state index contributed by atoms with van der Waals surface area (Å²) in [7, 11) is -3.78. The van der Waals surface area contributed by atoms with Crippen LogP contribution in [-0.4, -0.2) is 13.3 Å². The van der Waals surface area contributed by atoms with Crippen LogP contribution >= 0.6 is 0 Å². The number of nitro groups is 1. The van der Waals surface area contributed by atoms with Gasteiger partial charge < -0.3 is 0 Å². The first kappa shape index (κ1) is 12.6. The summed E-state index contributed by atoms with van der Waals surface area (Å²) < 4.78 is 26.6. The summed E-state index contributed by atoms with van der Waals surface area (Å²) in [6.07, 6.45) is 0. The number of benzene rings is 2. The number of nitrogens with zero attached hydrogens (tertiary/aromatic N) is 1. The fraction of sp³-hybridized carbons (Fsp3) is 0.0769. The Morgan fingerprint density at radius 1 is 1.15 bits per heavy atom. The van der Waals surface area contributed by atoms with Crippen LogP contribution in [0.5, 0.6) is 0 Å². The first-order valence-electron chi connectivity index (χ1n) is 5.81. The van der Waals surface area contributed by atoms with Gasteiger partial charge in [-0.2, -0.15) is 0 Å². The minimum Gasteiger partial charge on any atom is -0.272 e. The molecule has 0 spiro atoms. The number of sulfonamides is 1. The van der Waals surface area contributed by atoms with E-state index in [0.717, 1.165) is 0 Å². The number of fused-ring (bicyclic) bond motifs is 3. The normalized spacial score (nSPS) is 14.8. The van der Waals surface area contributed by atoms with Gasteiger partial charge in [-0.15, -0.1) is 0 Å². The molecule has 7 heteroatoms. The molecule has 1 N–H and O–H groups in total. The lowest BCUT2D eigenvalue weighted by Crippen LogP contribution is -2.19. The molecule has 0 amide bonds. The van der Waals surface area contributed by atoms with E-state index in [2.05, 4.69) is 4.72 Å². The van der Waals surface area contributed by atoms with Crippen LogP contribution in [-0.2, 0) is 10.0 Å². The van der Waals surface area contributed by atoms with E-state index in [9.17, 15) is 18.5 Å². The van der Waals surface area contributed by atoms with E-state index >= 15 is 0 Å². The third kappa shape index (κ3) is 1.75. The van der Waals surface area contributed by atoms with Crippen LogP contribution in [0.2, 0.25) is 0 Å². The minimum absolute atomic E-state index is 0.0271.